The fraction of sp³-hybridized carbons (Fsp3) is 0.611. The molecule has 0 radical (unpaired) electrons. The molecule has 1 aromatic rings. The summed E-state index contributed by atoms with van der Waals surface area (Å²) in [5.74, 6) is -0.354. The monoisotopic (exact) mass is 338 g/mol. The lowest BCUT2D eigenvalue weighted by Crippen LogP contribution is -2.24. The second-order valence-electron chi connectivity index (χ2n) is 5.48. The predicted octanol–water partition coefficient (Wildman–Crippen LogP) is 2.55. The summed E-state index contributed by atoms with van der Waals surface area (Å²) in [4.78, 5) is 11.6. The van der Waals surface area contributed by atoms with E-state index in [1.807, 2.05) is 12.1 Å². The van der Waals surface area contributed by atoms with Crippen LogP contribution in [0.4, 0.5) is 0 Å². The van der Waals surface area contributed by atoms with E-state index in [4.69, 9.17) is 23.7 Å². The van der Waals surface area contributed by atoms with Crippen LogP contribution in [0.3, 0.4) is 0 Å². The van der Waals surface area contributed by atoms with Crippen molar-refractivity contribution in [2.75, 3.05) is 40.1 Å². The van der Waals surface area contributed by atoms with Crippen LogP contribution >= 0.6 is 0 Å². The highest BCUT2D eigenvalue weighted by Crippen LogP contribution is 2.13. The summed E-state index contributed by atoms with van der Waals surface area (Å²) in [5, 5.41) is 0. The Kier molecular flexibility index (Phi) is 8.76. The van der Waals surface area contributed by atoms with Gasteiger partial charge in [-0.3, -0.25) is 0 Å². The Morgan fingerprint density at radius 2 is 1.92 bits per heavy atom. The summed E-state index contributed by atoms with van der Waals surface area (Å²) in [7, 11) is 1.37. The molecule has 1 atom stereocenters. The Morgan fingerprint density at radius 3 is 2.71 bits per heavy atom. The minimum Gasteiger partial charge on any atom is -0.465 e. The summed E-state index contributed by atoms with van der Waals surface area (Å²) in [6, 6.07) is 7.25. The van der Waals surface area contributed by atoms with E-state index in [1.54, 1.807) is 12.1 Å². The van der Waals surface area contributed by atoms with E-state index in [0.717, 1.165) is 31.4 Å². The largest absolute Gasteiger partial charge is 0.465 e. The first-order valence-corrected chi connectivity index (χ1v) is 8.36. The zero-order chi connectivity index (χ0) is 17.0. The lowest BCUT2D eigenvalue weighted by atomic mass is 10.1. The lowest BCUT2D eigenvalue weighted by molar-refractivity contribution is -0.169. The summed E-state index contributed by atoms with van der Waals surface area (Å²) in [6.45, 7) is 3.11. The molecule has 1 aliphatic rings. The molecule has 0 amide bonds. The maximum atomic E-state index is 11.6. The smallest absolute Gasteiger partial charge is 0.338 e. The number of carbonyl (C=O) groups is 1. The van der Waals surface area contributed by atoms with Gasteiger partial charge in [0.2, 0.25) is 0 Å². The molecule has 0 spiro atoms. The third-order valence-corrected chi connectivity index (χ3v) is 3.72. The van der Waals surface area contributed by atoms with Gasteiger partial charge in [-0.05, 0) is 30.9 Å². The quantitative estimate of drug-likeness (QED) is 0.483. The Hall–Kier alpha value is -1.47. The number of benzene rings is 1. The standard InChI is InChI=1S/C18H26O6/c1-20-18(19)16-7-3-2-6-15(16)14-22-11-10-21-12-13-24-17-8-4-5-9-23-17/h2-3,6-7,17H,4-5,8-14H2,1H3. The van der Waals surface area contributed by atoms with Crippen LogP contribution in [0.5, 0.6) is 0 Å². The summed E-state index contributed by atoms with van der Waals surface area (Å²) in [5.41, 5.74) is 1.34. The van der Waals surface area contributed by atoms with Crippen LogP contribution < -0.4 is 0 Å². The molecule has 134 valence electrons. The Balaban J connectivity index is 1.53. The average molecular weight is 338 g/mol. The van der Waals surface area contributed by atoms with Crippen molar-refractivity contribution in [2.45, 2.75) is 32.2 Å². The van der Waals surface area contributed by atoms with E-state index < -0.39 is 0 Å². The molecular weight excluding hydrogens is 312 g/mol. The van der Waals surface area contributed by atoms with Crippen molar-refractivity contribution < 1.29 is 28.5 Å². The summed E-state index contributed by atoms with van der Waals surface area (Å²) >= 11 is 0. The fourth-order valence-corrected chi connectivity index (χ4v) is 2.44. The molecule has 0 aliphatic carbocycles. The average Bonchev–Trinajstić information content (AvgIpc) is 2.64. The Bertz CT molecular complexity index is 484. The molecule has 24 heavy (non-hydrogen) atoms. The van der Waals surface area contributed by atoms with Crippen LogP contribution in [0.2, 0.25) is 0 Å². The van der Waals surface area contributed by atoms with Gasteiger partial charge in [0.25, 0.3) is 0 Å². The molecule has 0 saturated carbocycles. The highest BCUT2D eigenvalue weighted by Gasteiger charge is 2.13. The lowest BCUT2D eigenvalue weighted by Gasteiger charge is -2.22. The van der Waals surface area contributed by atoms with Gasteiger partial charge in [0, 0.05) is 6.61 Å². The number of hydrogen-bond donors (Lipinski definition) is 0. The van der Waals surface area contributed by atoms with Gasteiger partial charge >= 0.3 is 5.97 Å². The van der Waals surface area contributed by atoms with Crippen LogP contribution in [-0.2, 0) is 30.3 Å². The van der Waals surface area contributed by atoms with Gasteiger partial charge in [0.05, 0.1) is 45.7 Å². The van der Waals surface area contributed by atoms with Crippen molar-refractivity contribution in [3.8, 4) is 0 Å². The molecule has 1 unspecified atom stereocenters. The van der Waals surface area contributed by atoms with Gasteiger partial charge in [-0.15, -0.1) is 0 Å². The maximum absolute atomic E-state index is 11.6. The van der Waals surface area contributed by atoms with Gasteiger partial charge in [-0.25, -0.2) is 4.79 Å². The number of carbonyl (C=O) groups excluding carboxylic acids is 1. The number of hydrogen-bond acceptors (Lipinski definition) is 6. The molecule has 1 heterocycles. The molecule has 1 saturated heterocycles. The number of methoxy groups -OCH3 is 1. The van der Waals surface area contributed by atoms with Gasteiger partial charge in [0.1, 0.15) is 0 Å². The first-order valence-electron chi connectivity index (χ1n) is 8.36. The highest BCUT2D eigenvalue weighted by molar-refractivity contribution is 5.90. The van der Waals surface area contributed by atoms with Crippen molar-refractivity contribution in [3.05, 3.63) is 35.4 Å². The molecular formula is C18H26O6. The minimum absolute atomic E-state index is 0.0755. The molecule has 1 fully saturated rings. The molecule has 2 rings (SSSR count). The van der Waals surface area contributed by atoms with Crippen LogP contribution in [0.25, 0.3) is 0 Å². The van der Waals surface area contributed by atoms with Crippen molar-refractivity contribution in [2.24, 2.45) is 0 Å². The molecule has 0 bridgehead atoms. The van der Waals surface area contributed by atoms with Crippen LogP contribution in [0.1, 0.15) is 35.2 Å². The van der Waals surface area contributed by atoms with Gasteiger partial charge in [-0.1, -0.05) is 18.2 Å². The van der Waals surface area contributed by atoms with Gasteiger partial charge < -0.3 is 23.7 Å². The summed E-state index contributed by atoms with van der Waals surface area (Å²) in [6.07, 6.45) is 3.16. The SMILES string of the molecule is COC(=O)c1ccccc1COCCOCCOC1CCCCO1. The maximum Gasteiger partial charge on any atom is 0.338 e. The first kappa shape index (κ1) is 18.9. The highest BCUT2D eigenvalue weighted by atomic mass is 16.7. The first-order chi connectivity index (χ1) is 11.8. The minimum atomic E-state index is -0.354. The van der Waals surface area contributed by atoms with E-state index in [9.17, 15) is 4.79 Å². The Labute approximate surface area is 143 Å². The molecule has 0 N–H and O–H groups in total. The second-order valence-corrected chi connectivity index (χ2v) is 5.48. The van der Waals surface area contributed by atoms with Crippen LogP contribution in [0.15, 0.2) is 24.3 Å². The van der Waals surface area contributed by atoms with E-state index in [-0.39, 0.29) is 12.3 Å². The normalized spacial score (nSPS) is 17.6. The van der Waals surface area contributed by atoms with Crippen molar-refractivity contribution >= 4 is 5.97 Å². The molecule has 1 aromatic carbocycles. The van der Waals surface area contributed by atoms with Crippen molar-refractivity contribution in [1.82, 2.24) is 0 Å². The van der Waals surface area contributed by atoms with Crippen LogP contribution in [-0.4, -0.2) is 52.4 Å². The van der Waals surface area contributed by atoms with Crippen molar-refractivity contribution in [1.29, 1.82) is 0 Å². The van der Waals surface area contributed by atoms with Gasteiger partial charge in [-0.2, -0.15) is 0 Å². The van der Waals surface area contributed by atoms with Gasteiger partial charge in [0.15, 0.2) is 6.29 Å². The molecule has 0 aromatic heterocycles. The van der Waals surface area contributed by atoms with E-state index >= 15 is 0 Å². The predicted molar refractivity (Wildman–Crippen MR) is 87.8 cm³/mol. The van der Waals surface area contributed by atoms with Crippen molar-refractivity contribution in [3.63, 3.8) is 0 Å². The van der Waals surface area contributed by atoms with E-state index in [0.29, 0.717) is 38.6 Å². The zero-order valence-corrected chi connectivity index (χ0v) is 14.2. The second kappa shape index (κ2) is 11.1. The zero-order valence-electron chi connectivity index (χ0n) is 14.2. The van der Waals surface area contributed by atoms with E-state index in [1.165, 1.54) is 7.11 Å². The number of ether oxygens (including phenoxy) is 5. The number of esters is 1. The van der Waals surface area contributed by atoms with Crippen LogP contribution in [0, 0.1) is 0 Å². The molecule has 1 aliphatic heterocycles. The topological polar surface area (TPSA) is 63.2 Å². The third-order valence-electron chi connectivity index (χ3n) is 3.72. The number of rotatable bonds is 10. The Morgan fingerprint density at radius 1 is 1.12 bits per heavy atom. The third kappa shape index (κ3) is 6.57. The molecule has 6 nitrogen and oxygen atoms in total. The summed E-state index contributed by atoms with van der Waals surface area (Å²) < 4.78 is 26.8. The van der Waals surface area contributed by atoms with E-state index in [2.05, 4.69) is 0 Å². The fourth-order valence-electron chi connectivity index (χ4n) is 2.44. The molecule has 6 heteroatoms.